The van der Waals surface area contributed by atoms with Gasteiger partial charge >= 0.3 is 0 Å². The zero-order valence-electron chi connectivity index (χ0n) is 17.1. The summed E-state index contributed by atoms with van der Waals surface area (Å²) in [6, 6.07) is 0.498. The fourth-order valence-electron chi connectivity index (χ4n) is 4.09. The lowest BCUT2D eigenvalue weighted by Gasteiger charge is -2.32. The fraction of sp³-hybridized carbons (Fsp3) is 0.750. The minimum Gasteiger partial charge on any atom is -0.388 e. The molecule has 1 aromatic heterocycles. The number of aromatic nitrogens is 2. The molecule has 27 heavy (non-hydrogen) atoms. The van der Waals surface area contributed by atoms with Crippen LogP contribution >= 0.6 is 0 Å². The number of amides is 1. The van der Waals surface area contributed by atoms with E-state index in [0.29, 0.717) is 6.04 Å². The molecule has 0 unspecified atom stereocenters. The molecule has 1 atom stereocenters. The van der Waals surface area contributed by atoms with Crippen molar-refractivity contribution in [2.45, 2.75) is 64.0 Å². The molecule has 3 rings (SSSR count). The van der Waals surface area contributed by atoms with E-state index in [2.05, 4.69) is 39.2 Å². The summed E-state index contributed by atoms with van der Waals surface area (Å²) in [5.41, 5.74) is 1.07. The molecule has 7 heteroatoms. The second kappa shape index (κ2) is 8.10. The highest BCUT2D eigenvalue weighted by Crippen LogP contribution is 2.28. The maximum atomic E-state index is 12.7. The van der Waals surface area contributed by atoms with Crippen molar-refractivity contribution in [3.05, 3.63) is 17.1 Å². The van der Waals surface area contributed by atoms with Crippen LogP contribution in [0.3, 0.4) is 0 Å². The van der Waals surface area contributed by atoms with E-state index < -0.39 is 5.60 Å². The van der Waals surface area contributed by atoms with E-state index in [1.54, 1.807) is 0 Å². The van der Waals surface area contributed by atoms with E-state index in [9.17, 15) is 9.90 Å². The van der Waals surface area contributed by atoms with Crippen LogP contribution in [-0.2, 0) is 0 Å². The van der Waals surface area contributed by atoms with Gasteiger partial charge in [0.25, 0.3) is 5.91 Å². The summed E-state index contributed by atoms with van der Waals surface area (Å²) in [4.78, 5) is 26.1. The Balaban J connectivity index is 1.72. The number of likely N-dealkylation sites (N-methyl/N-ethyl adjacent to an activating group) is 1. The molecule has 1 saturated carbocycles. The minimum absolute atomic E-state index is 0.195. The lowest BCUT2D eigenvalue weighted by Crippen LogP contribution is -2.44. The first-order chi connectivity index (χ1) is 12.8. The molecule has 1 aromatic rings. The van der Waals surface area contributed by atoms with Gasteiger partial charge in [-0.3, -0.25) is 4.79 Å². The van der Waals surface area contributed by atoms with Crippen LogP contribution in [0.5, 0.6) is 0 Å². The zero-order valence-corrected chi connectivity index (χ0v) is 17.1. The smallest absolute Gasteiger partial charge is 0.289 e. The maximum Gasteiger partial charge on any atom is 0.289 e. The second-order valence-electron chi connectivity index (χ2n) is 8.40. The topological polar surface area (TPSA) is 81.6 Å². The van der Waals surface area contributed by atoms with E-state index in [4.69, 9.17) is 0 Å². The summed E-state index contributed by atoms with van der Waals surface area (Å²) in [7, 11) is 4.20. The van der Waals surface area contributed by atoms with E-state index in [-0.39, 0.29) is 18.3 Å². The lowest BCUT2D eigenvalue weighted by molar-refractivity contribution is 0.00516. The van der Waals surface area contributed by atoms with Gasteiger partial charge in [-0.1, -0.05) is 19.3 Å². The van der Waals surface area contributed by atoms with Gasteiger partial charge in [-0.05, 0) is 47.2 Å². The number of carbonyl (C=O) groups is 1. The van der Waals surface area contributed by atoms with E-state index in [1.807, 2.05) is 13.8 Å². The predicted molar refractivity (Wildman–Crippen MR) is 106 cm³/mol. The van der Waals surface area contributed by atoms with Crippen molar-refractivity contribution in [3.63, 3.8) is 0 Å². The first kappa shape index (κ1) is 20.0. The molecule has 1 saturated heterocycles. The highest BCUT2D eigenvalue weighted by Gasteiger charge is 2.31. The molecule has 0 radical (unpaired) electrons. The lowest BCUT2D eigenvalue weighted by atomic mass is 9.85. The summed E-state index contributed by atoms with van der Waals surface area (Å²) < 4.78 is 0. The summed E-state index contributed by atoms with van der Waals surface area (Å²) in [5, 5.41) is 13.5. The van der Waals surface area contributed by atoms with Crippen LogP contribution in [0.4, 0.5) is 5.82 Å². The van der Waals surface area contributed by atoms with Crippen LogP contribution in [0.25, 0.3) is 0 Å². The maximum absolute atomic E-state index is 12.7. The van der Waals surface area contributed by atoms with E-state index in [1.165, 1.54) is 0 Å². The molecule has 0 aromatic carbocycles. The van der Waals surface area contributed by atoms with Crippen LogP contribution in [0.15, 0.2) is 0 Å². The predicted octanol–water partition coefficient (Wildman–Crippen LogP) is 1.66. The van der Waals surface area contributed by atoms with Crippen molar-refractivity contribution < 1.29 is 9.90 Å². The number of hydrogen-bond donors (Lipinski definition) is 2. The Morgan fingerprint density at radius 3 is 2.59 bits per heavy atom. The molecule has 7 nitrogen and oxygen atoms in total. The largest absolute Gasteiger partial charge is 0.388 e. The van der Waals surface area contributed by atoms with Crippen LogP contribution in [0.2, 0.25) is 0 Å². The summed E-state index contributed by atoms with van der Waals surface area (Å²) in [6.07, 6.45) is 5.75. The first-order valence-corrected chi connectivity index (χ1v) is 10.1. The highest BCUT2D eigenvalue weighted by molar-refractivity contribution is 5.91. The Labute approximate surface area is 162 Å². The van der Waals surface area contributed by atoms with E-state index in [0.717, 1.165) is 68.7 Å². The SMILES string of the molecule is Cc1nc(C(=O)NCC2(O)CCCCC2)nc(N2CC[C@@H](N(C)C)C2)c1C. The van der Waals surface area contributed by atoms with Gasteiger partial charge in [0.1, 0.15) is 5.82 Å². The Hall–Kier alpha value is -1.73. The van der Waals surface area contributed by atoms with Gasteiger partial charge in [0, 0.05) is 36.9 Å². The highest BCUT2D eigenvalue weighted by atomic mass is 16.3. The molecule has 2 N–H and O–H groups in total. The quantitative estimate of drug-likeness (QED) is 0.815. The van der Waals surface area contributed by atoms with Crippen LogP contribution in [-0.4, -0.2) is 71.3 Å². The molecule has 2 fully saturated rings. The Morgan fingerprint density at radius 1 is 1.26 bits per heavy atom. The molecule has 0 bridgehead atoms. The van der Waals surface area contributed by atoms with Crippen molar-refractivity contribution in [2.75, 3.05) is 38.6 Å². The van der Waals surface area contributed by atoms with Crippen LogP contribution in [0.1, 0.15) is 60.4 Å². The fourth-order valence-corrected chi connectivity index (χ4v) is 4.09. The van der Waals surface area contributed by atoms with Crippen molar-refractivity contribution >= 4 is 11.7 Å². The van der Waals surface area contributed by atoms with E-state index >= 15 is 0 Å². The average Bonchev–Trinajstić information content (AvgIpc) is 3.13. The van der Waals surface area contributed by atoms with Crippen molar-refractivity contribution in [3.8, 4) is 0 Å². The zero-order chi connectivity index (χ0) is 19.6. The molecular formula is C20H33N5O2. The van der Waals surface area contributed by atoms with Crippen LogP contribution < -0.4 is 10.2 Å². The Bertz CT molecular complexity index is 685. The summed E-state index contributed by atoms with van der Waals surface area (Å²) in [5.74, 6) is 0.746. The monoisotopic (exact) mass is 375 g/mol. The number of aryl methyl sites for hydroxylation is 1. The molecule has 0 spiro atoms. The molecular weight excluding hydrogens is 342 g/mol. The molecule has 150 valence electrons. The summed E-state index contributed by atoms with van der Waals surface area (Å²) in [6.45, 7) is 6.04. The van der Waals surface area contributed by atoms with Gasteiger partial charge in [-0.2, -0.15) is 0 Å². The van der Waals surface area contributed by atoms with Crippen molar-refractivity contribution in [1.29, 1.82) is 0 Å². The third kappa shape index (κ3) is 4.58. The second-order valence-corrected chi connectivity index (χ2v) is 8.40. The third-order valence-electron chi connectivity index (χ3n) is 6.12. The van der Waals surface area contributed by atoms with Crippen molar-refractivity contribution in [2.24, 2.45) is 0 Å². The summed E-state index contributed by atoms with van der Waals surface area (Å²) >= 11 is 0. The average molecular weight is 376 g/mol. The molecule has 1 aliphatic heterocycles. The van der Waals surface area contributed by atoms with Crippen LogP contribution in [0, 0.1) is 13.8 Å². The van der Waals surface area contributed by atoms with Gasteiger partial charge in [0.05, 0.1) is 5.60 Å². The number of nitrogens with zero attached hydrogens (tertiary/aromatic N) is 4. The minimum atomic E-state index is -0.787. The van der Waals surface area contributed by atoms with Gasteiger partial charge in [-0.25, -0.2) is 9.97 Å². The number of hydrogen-bond acceptors (Lipinski definition) is 6. The number of anilines is 1. The number of nitrogens with one attached hydrogen (secondary N) is 1. The molecule has 1 amide bonds. The van der Waals surface area contributed by atoms with Gasteiger partial charge in [-0.15, -0.1) is 0 Å². The normalized spacial score (nSPS) is 22.3. The molecule has 1 aliphatic carbocycles. The number of rotatable bonds is 5. The first-order valence-electron chi connectivity index (χ1n) is 10.1. The Kier molecular flexibility index (Phi) is 6.01. The Morgan fingerprint density at radius 2 is 1.96 bits per heavy atom. The molecule has 2 heterocycles. The standard InChI is InChI=1S/C20H33N5O2/c1-14-15(2)22-17(19(26)21-13-20(27)9-6-5-7-10-20)23-18(14)25-11-8-16(12-25)24(3)4/h16,27H,5-13H2,1-4H3,(H,21,26)/t16-/m1/s1. The van der Waals surface area contributed by atoms with Gasteiger partial charge in [0.15, 0.2) is 0 Å². The van der Waals surface area contributed by atoms with Gasteiger partial charge in [0.2, 0.25) is 5.82 Å². The van der Waals surface area contributed by atoms with Crippen molar-refractivity contribution in [1.82, 2.24) is 20.2 Å². The van der Waals surface area contributed by atoms with Gasteiger partial charge < -0.3 is 20.2 Å². The number of aliphatic hydroxyl groups is 1. The third-order valence-corrected chi connectivity index (χ3v) is 6.12. The molecule has 2 aliphatic rings. The number of carbonyl (C=O) groups excluding carboxylic acids is 1.